The van der Waals surface area contributed by atoms with E-state index in [9.17, 15) is 39.6 Å². The SMILES string of the molecule is CC(C)(C[C@H]1C[C@H](NC(=O)c2ccc(C(F)(F)F)cc2)C1)S(=O)(=O)c1cccc(C(F)(F)F)c1. The monoisotopic (exact) mass is 507 g/mol. The first kappa shape index (κ1) is 26.1. The summed E-state index contributed by atoms with van der Waals surface area (Å²) in [7, 11) is -4.07. The minimum Gasteiger partial charge on any atom is -0.349 e. The molecule has 1 aliphatic carbocycles. The molecule has 1 aliphatic rings. The Balaban J connectivity index is 1.59. The van der Waals surface area contributed by atoms with Gasteiger partial charge in [-0.2, -0.15) is 26.3 Å². The number of hydrogen-bond donors (Lipinski definition) is 1. The topological polar surface area (TPSA) is 63.2 Å². The van der Waals surface area contributed by atoms with Gasteiger partial charge < -0.3 is 5.32 Å². The first-order valence-electron chi connectivity index (χ1n) is 10.4. The van der Waals surface area contributed by atoms with E-state index in [2.05, 4.69) is 5.32 Å². The number of alkyl halides is 6. The number of hydrogen-bond acceptors (Lipinski definition) is 3. The molecule has 0 bridgehead atoms. The number of carbonyl (C=O) groups excluding carboxylic acids is 1. The molecule has 0 atom stereocenters. The highest BCUT2D eigenvalue weighted by Gasteiger charge is 2.42. The molecule has 0 spiro atoms. The molecular weight excluding hydrogens is 484 g/mol. The molecule has 3 rings (SSSR count). The third-order valence-electron chi connectivity index (χ3n) is 6.02. The maximum Gasteiger partial charge on any atom is 0.416 e. The Hall–Kier alpha value is -2.56. The second-order valence-electron chi connectivity index (χ2n) is 9.08. The molecule has 1 amide bonds. The summed E-state index contributed by atoms with van der Waals surface area (Å²) in [5.41, 5.74) is -1.83. The molecule has 0 radical (unpaired) electrons. The minimum atomic E-state index is -4.66. The number of halogens is 6. The van der Waals surface area contributed by atoms with Crippen LogP contribution in [0.3, 0.4) is 0 Å². The molecule has 0 aliphatic heterocycles. The lowest BCUT2D eigenvalue weighted by Gasteiger charge is -2.40. The van der Waals surface area contributed by atoms with Gasteiger partial charge in [-0.05, 0) is 81.5 Å². The van der Waals surface area contributed by atoms with Crippen molar-refractivity contribution in [1.82, 2.24) is 5.32 Å². The van der Waals surface area contributed by atoms with Gasteiger partial charge in [-0.15, -0.1) is 0 Å². The molecule has 0 unspecified atom stereocenters. The number of rotatable bonds is 6. The zero-order valence-corrected chi connectivity index (χ0v) is 19.1. The normalized spacial score (nSPS) is 19.4. The lowest BCUT2D eigenvalue weighted by Crippen LogP contribution is -2.47. The zero-order valence-electron chi connectivity index (χ0n) is 18.3. The van der Waals surface area contributed by atoms with Gasteiger partial charge in [0, 0.05) is 11.6 Å². The van der Waals surface area contributed by atoms with Crippen LogP contribution in [0.1, 0.15) is 54.6 Å². The molecule has 2 aromatic rings. The Morgan fingerprint density at radius 3 is 2.00 bits per heavy atom. The first-order valence-corrected chi connectivity index (χ1v) is 11.9. The van der Waals surface area contributed by atoms with Crippen molar-refractivity contribution in [2.24, 2.45) is 5.92 Å². The molecule has 0 heterocycles. The van der Waals surface area contributed by atoms with Crippen LogP contribution in [0, 0.1) is 5.92 Å². The van der Waals surface area contributed by atoms with E-state index in [0.29, 0.717) is 18.9 Å². The number of nitrogens with one attached hydrogen (secondary N) is 1. The van der Waals surface area contributed by atoms with E-state index in [0.717, 1.165) is 42.5 Å². The van der Waals surface area contributed by atoms with Crippen LogP contribution in [0.25, 0.3) is 0 Å². The molecular formula is C23H23F6NO3S. The second-order valence-corrected chi connectivity index (χ2v) is 11.7. The smallest absolute Gasteiger partial charge is 0.349 e. The highest BCUT2D eigenvalue weighted by molar-refractivity contribution is 7.92. The van der Waals surface area contributed by atoms with Crippen LogP contribution in [-0.4, -0.2) is 25.1 Å². The van der Waals surface area contributed by atoms with E-state index < -0.39 is 48.9 Å². The Bertz CT molecular complexity index is 1150. The number of carbonyl (C=O) groups is 1. The minimum absolute atomic E-state index is 0.0731. The van der Waals surface area contributed by atoms with Crippen LogP contribution >= 0.6 is 0 Å². The van der Waals surface area contributed by atoms with Crippen LogP contribution in [-0.2, 0) is 22.2 Å². The number of sulfone groups is 1. The number of amides is 1. The molecule has 34 heavy (non-hydrogen) atoms. The highest BCUT2D eigenvalue weighted by atomic mass is 32.2. The maximum atomic E-state index is 13.0. The van der Waals surface area contributed by atoms with Crippen molar-refractivity contribution in [3.05, 3.63) is 65.2 Å². The van der Waals surface area contributed by atoms with E-state index in [1.165, 1.54) is 13.8 Å². The molecule has 0 aromatic heterocycles. The van der Waals surface area contributed by atoms with Gasteiger partial charge in [0.05, 0.1) is 20.8 Å². The van der Waals surface area contributed by atoms with Crippen LogP contribution in [0.15, 0.2) is 53.4 Å². The quantitative estimate of drug-likeness (QED) is 0.497. The van der Waals surface area contributed by atoms with Gasteiger partial charge in [-0.3, -0.25) is 4.79 Å². The Morgan fingerprint density at radius 2 is 1.47 bits per heavy atom. The van der Waals surface area contributed by atoms with Crippen molar-refractivity contribution in [2.75, 3.05) is 0 Å². The van der Waals surface area contributed by atoms with Crippen molar-refractivity contribution in [2.45, 2.75) is 61.1 Å². The highest BCUT2D eigenvalue weighted by Crippen LogP contribution is 2.40. The van der Waals surface area contributed by atoms with E-state index in [-0.39, 0.29) is 23.9 Å². The summed E-state index contributed by atoms with van der Waals surface area (Å²) in [4.78, 5) is 11.9. The number of benzene rings is 2. The zero-order chi connectivity index (χ0) is 25.5. The molecule has 4 nitrogen and oxygen atoms in total. The summed E-state index contributed by atoms with van der Waals surface area (Å²) in [6.07, 6.45) is -8.08. The van der Waals surface area contributed by atoms with Crippen molar-refractivity contribution in [3.8, 4) is 0 Å². The third kappa shape index (κ3) is 5.56. The van der Waals surface area contributed by atoms with Gasteiger partial charge in [0.25, 0.3) is 5.91 Å². The summed E-state index contributed by atoms with van der Waals surface area (Å²) < 4.78 is 102. The van der Waals surface area contributed by atoms with Gasteiger partial charge >= 0.3 is 12.4 Å². The van der Waals surface area contributed by atoms with Crippen LogP contribution in [0.2, 0.25) is 0 Å². The van der Waals surface area contributed by atoms with Gasteiger partial charge in [-0.25, -0.2) is 8.42 Å². The predicted molar refractivity (Wildman–Crippen MR) is 113 cm³/mol. The fourth-order valence-corrected chi connectivity index (χ4v) is 5.70. The Morgan fingerprint density at radius 1 is 0.912 bits per heavy atom. The van der Waals surface area contributed by atoms with Crippen molar-refractivity contribution < 1.29 is 39.6 Å². The van der Waals surface area contributed by atoms with Crippen LogP contribution in [0.5, 0.6) is 0 Å². The van der Waals surface area contributed by atoms with Gasteiger partial charge in [0.1, 0.15) is 0 Å². The van der Waals surface area contributed by atoms with Crippen molar-refractivity contribution in [3.63, 3.8) is 0 Å². The maximum absolute atomic E-state index is 13.0. The summed E-state index contributed by atoms with van der Waals surface area (Å²) in [6.45, 7) is 2.91. The standard InChI is InChI=1S/C23H23F6NO3S/c1-21(2,34(32,33)19-5-3-4-17(12-19)23(27,28)29)13-14-10-18(11-14)30-20(31)15-6-8-16(9-7-15)22(24,25)26/h3-9,12,14,18H,10-11,13H2,1-2H3,(H,30,31)/t14-,18-. The molecule has 2 aromatic carbocycles. The molecule has 186 valence electrons. The fourth-order valence-electron chi connectivity index (χ4n) is 4.06. The van der Waals surface area contributed by atoms with Gasteiger partial charge in [-0.1, -0.05) is 6.07 Å². The van der Waals surface area contributed by atoms with Crippen molar-refractivity contribution >= 4 is 15.7 Å². The second kappa shape index (κ2) is 8.90. The molecule has 1 saturated carbocycles. The Labute approximate surface area is 193 Å². The third-order valence-corrected chi connectivity index (χ3v) is 8.52. The van der Waals surface area contributed by atoms with E-state index in [1.54, 1.807) is 0 Å². The first-order chi connectivity index (χ1) is 15.5. The van der Waals surface area contributed by atoms with Gasteiger partial charge in [0.15, 0.2) is 9.84 Å². The summed E-state index contributed by atoms with van der Waals surface area (Å²) in [6, 6.07) is 7.17. The van der Waals surface area contributed by atoms with E-state index in [4.69, 9.17) is 0 Å². The largest absolute Gasteiger partial charge is 0.416 e. The average molecular weight is 507 g/mol. The molecule has 0 saturated heterocycles. The molecule has 1 N–H and O–H groups in total. The summed E-state index contributed by atoms with van der Waals surface area (Å²) in [5.74, 6) is -0.624. The summed E-state index contributed by atoms with van der Waals surface area (Å²) >= 11 is 0. The van der Waals surface area contributed by atoms with Crippen LogP contribution < -0.4 is 5.32 Å². The Kier molecular flexibility index (Phi) is 6.82. The van der Waals surface area contributed by atoms with E-state index >= 15 is 0 Å². The average Bonchev–Trinajstić information content (AvgIpc) is 2.70. The fraction of sp³-hybridized carbons (Fsp3) is 0.435. The lowest BCUT2D eigenvalue weighted by atomic mass is 9.75. The lowest BCUT2D eigenvalue weighted by molar-refractivity contribution is -0.138. The van der Waals surface area contributed by atoms with E-state index in [1.807, 2.05) is 0 Å². The van der Waals surface area contributed by atoms with Gasteiger partial charge in [0.2, 0.25) is 0 Å². The predicted octanol–water partition coefficient (Wildman–Crippen LogP) is 5.88. The van der Waals surface area contributed by atoms with Crippen molar-refractivity contribution in [1.29, 1.82) is 0 Å². The summed E-state index contributed by atoms with van der Waals surface area (Å²) in [5, 5.41) is 2.71. The molecule has 1 fully saturated rings. The van der Waals surface area contributed by atoms with Crippen LogP contribution in [0.4, 0.5) is 26.3 Å². The molecule has 11 heteroatoms.